The number of halogens is 2. The fraction of sp³-hybridized carbons (Fsp3) is 0.538. The highest BCUT2D eigenvalue weighted by Gasteiger charge is 2.31. The van der Waals surface area contributed by atoms with Gasteiger partial charge in [0.15, 0.2) is 11.6 Å². The maximum Gasteiger partial charge on any atom is 0.246 e. The Balaban J connectivity index is 2.34. The van der Waals surface area contributed by atoms with E-state index in [0.29, 0.717) is 6.61 Å². The van der Waals surface area contributed by atoms with E-state index >= 15 is 0 Å². The summed E-state index contributed by atoms with van der Waals surface area (Å²) < 4.78 is 58.6. The maximum atomic E-state index is 13.8. The van der Waals surface area contributed by atoms with Gasteiger partial charge in [-0.15, -0.1) is 0 Å². The monoisotopic (exact) mass is 320 g/mol. The van der Waals surface area contributed by atoms with E-state index in [2.05, 4.69) is 0 Å². The molecule has 118 valence electrons. The Bertz CT molecular complexity index is 616. The maximum absolute atomic E-state index is 13.8. The molecular weight excluding hydrogens is 302 g/mol. The molecule has 0 aromatic heterocycles. The number of sulfonamides is 1. The first-order chi connectivity index (χ1) is 9.86. The number of benzene rings is 1. The first-order valence-electron chi connectivity index (χ1n) is 6.72. The Morgan fingerprint density at radius 2 is 2.14 bits per heavy atom. The van der Waals surface area contributed by atoms with Crippen LogP contribution in [0.5, 0.6) is 0 Å². The molecule has 1 saturated heterocycles. The van der Waals surface area contributed by atoms with Crippen LogP contribution >= 0.6 is 0 Å². The minimum Gasteiger partial charge on any atom is -0.399 e. The lowest BCUT2D eigenvalue weighted by Crippen LogP contribution is -2.37. The van der Waals surface area contributed by atoms with Crippen LogP contribution in [0.4, 0.5) is 14.5 Å². The van der Waals surface area contributed by atoms with Crippen molar-refractivity contribution in [1.82, 2.24) is 4.31 Å². The highest BCUT2D eigenvalue weighted by atomic mass is 32.2. The summed E-state index contributed by atoms with van der Waals surface area (Å²) in [6, 6.07) is 1.69. The van der Waals surface area contributed by atoms with Crippen LogP contribution < -0.4 is 5.73 Å². The van der Waals surface area contributed by atoms with Crippen molar-refractivity contribution in [2.45, 2.75) is 30.8 Å². The number of rotatable bonds is 5. The fourth-order valence-corrected chi connectivity index (χ4v) is 3.91. The number of anilines is 1. The second-order valence-corrected chi connectivity index (χ2v) is 6.81. The molecule has 2 rings (SSSR count). The molecule has 0 radical (unpaired) electrons. The van der Waals surface area contributed by atoms with Crippen molar-refractivity contribution in [2.75, 3.05) is 25.4 Å². The summed E-state index contributed by atoms with van der Waals surface area (Å²) in [5, 5.41) is 0. The quantitative estimate of drug-likeness (QED) is 0.839. The molecule has 1 aromatic carbocycles. The van der Waals surface area contributed by atoms with Crippen LogP contribution in [0.1, 0.15) is 19.8 Å². The summed E-state index contributed by atoms with van der Waals surface area (Å²) in [6.45, 7) is 2.48. The zero-order chi connectivity index (χ0) is 15.6. The van der Waals surface area contributed by atoms with E-state index in [-0.39, 0.29) is 24.9 Å². The number of hydrogen-bond acceptors (Lipinski definition) is 4. The van der Waals surface area contributed by atoms with Gasteiger partial charge >= 0.3 is 0 Å². The summed E-state index contributed by atoms with van der Waals surface area (Å²) in [6.07, 6.45) is 1.40. The van der Waals surface area contributed by atoms with Gasteiger partial charge in [0.2, 0.25) is 10.0 Å². The van der Waals surface area contributed by atoms with Gasteiger partial charge in [0.25, 0.3) is 0 Å². The van der Waals surface area contributed by atoms with Crippen molar-refractivity contribution in [3.63, 3.8) is 0 Å². The minimum absolute atomic E-state index is 0.120. The third-order valence-corrected chi connectivity index (χ3v) is 5.36. The Morgan fingerprint density at radius 1 is 1.43 bits per heavy atom. The largest absolute Gasteiger partial charge is 0.399 e. The van der Waals surface area contributed by atoms with E-state index in [0.717, 1.165) is 29.3 Å². The zero-order valence-electron chi connectivity index (χ0n) is 11.7. The SMILES string of the molecule is CCN(CC1CCCO1)S(=O)(=O)c1cc(N)cc(F)c1F. The van der Waals surface area contributed by atoms with Gasteiger partial charge in [0.1, 0.15) is 4.90 Å². The van der Waals surface area contributed by atoms with E-state index in [1.807, 2.05) is 0 Å². The lowest BCUT2D eigenvalue weighted by atomic mass is 10.2. The smallest absolute Gasteiger partial charge is 0.246 e. The van der Waals surface area contributed by atoms with Gasteiger partial charge in [-0.05, 0) is 25.0 Å². The second-order valence-electron chi connectivity index (χ2n) is 4.91. The van der Waals surface area contributed by atoms with Crippen LogP contribution in [0, 0.1) is 11.6 Å². The molecule has 1 aromatic rings. The lowest BCUT2D eigenvalue weighted by molar-refractivity contribution is 0.0946. The molecule has 1 unspecified atom stereocenters. The number of nitrogen functional groups attached to an aromatic ring is 1. The van der Waals surface area contributed by atoms with Crippen LogP contribution in [0.15, 0.2) is 17.0 Å². The molecule has 1 atom stereocenters. The minimum atomic E-state index is -4.16. The van der Waals surface area contributed by atoms with E-state index in [9.17, 15) is 17.2 Å². The van der Waals surface area contributed by atoms with Crippen molar-refractivity contribution >= 4 is 15.7 Å². The van der Waals surface area contributed by atoms with Gasteiger partial charge in [-0.3, -0.25) is 0 Å². The van der Waals surface area contributed by atoms with Crippen LogP contribution in [0.25, 0.3) is 0 Å². The number of nitrogens with zero attached hydrogens (tertiary/aromatic N) is 1. The fourth-order valence-electron chi connectivity index (χ4n) is 2.32. The van der Waals surface area contributed by atoms with Gasteiger partial charge in [-0.25, -0.2) is 17.2 Å². The summed E-state index contributed by atoms with van der Waals surface area (Å²) >= 11 is 0. The Hall–Kier alpha value is -1.25. The van der Waals surface area contributed by atoms with Gasteiger partial charge < -0.3 is 10.5 Å². The molecule has 0 spiro atoms. The zero-order valence-corrected chi connectivity index (χ0v) is 12.5. The van der Waals surface area contributed by atoms with E-state index in [1.165, 1.54) is 0 Å². The molecule has 0 bridgehead atoms. The predicted octanol–water partition coefficient (Wildman–Crippen LogP) is 1.74. The summed E-state index contributed by atoms with van der Waals surface area (Å²) in [4.78, 5) is -0.736. The number of likely N-dealkylation sites (N-methyl/N-ethyl adjacent to an activating group) is 1. The molecule has 2 N–H and O–H groups in total. The third kappa shape index (κ3) is 3.33. The molecule has 1 heterocycles. The Labute approximate surface area is 122 Å². The molecule has 5 nitrogen and oxygen atoms in total. The normalized spacial score (nSPS) is 19.3. The summed E-state index contributed by atoms with van der Waals surface area (Å²) in [5.41, 5.74) is 5.28. The second kappa shape index (κ2) is 6.25. The molecule has 1 aliphatic rings. The molecule has 1 fully saturated rings. The van der Waals surface area contributed by atoms with Crippen LogP contribution in [0.2, 0.25) is 0 Å². The average Bonchev–Trinajstić information content (AvgIpc) is 2.92. The highest BCUT2D eigenvalue weighted by Crippen LogP contribution is 2.25. The molecule has 8 heteroatoms. The van der Waals surface area contributed by atoms with E-state index in [1.54, 1.807) is 6.92 Å². The van der Waals surface area contributed by atoms with Gasteiger partial charge in [0.05, 0.1) is 6.10 Å². The third-order valence-electron chi connectivity index (χ3n) is 3.42. The topological polar surface area (TPSA) is 72.6 Å². The van der Waals surface area contributed by atoms with Crippen LogP contribution in [0.3, 0.4) is 0 Å². The van der Waals surface area contributed by atoms with Crippen molar-refractivity contribution in [2.24, 2.45) is 0 Å². The highest BCUT2D eigenvalue weighted by molar-refractivity contribution is 7.89. The molecule has 0 aliphatic carbocycles. The molecule has 0 saturated carbocycles. The van der Waals surface area contributed by atoms with Crippen molar-refractivity contribution in [3.8, 4) is 0 Å². The van der Waals surface area contributed by atoms with Gasteiger partial charge in [-0.2, -0.15) is 4.31 Å². The first-order valence-corrected chi connectivity index (χ1v) is 8.16. The average molecular weight is 320 g/mol. The van der Waals surface area contributed by atoms with Crippen molar-refractivity contribution < 1.29 is 21.9 Å². The summed E-state index contributed by atoms with van der Waals surface area (Å²) in [7, 11) is -4.16. The Kier molecular flexibility index (Phi) is 4.80. The summed E-state index contributed by atoms with van der Waals surface area (Å²) in [5.74, 6) is -2.68. The standard InChI is InChI=1S/C13H18F2N2O3S/c1-2-17(8-10-4-3-5-20-10)21(18,19)12-7-9(16)6-11(14)13(12)15/h6-7,10H,2-5,8,16H2,1H3. The lowest BCUT2D eigenvalue weighted by Gasteiger charge is -2.23. The number of hydrogen-bond donors (Lipinski definition) is 1. The van der Waals surface area contributed by atoms with Gasteiger partial charge in [-0.1, -0.05) is 6.92 Å². The van der Waals surface area contributed by atoms with E-state index < -0.39 is 26.6 Å². The molecule has 1 aliphatic heterocycles. The number of ether oxygens (including phenoxy) is 1. The van der Waals surface area contributed by atoms with Gasteiger partial charge in [0, 0.05) is 25.4 Å². The molecular formula is C13H18F2N2O3S. The van der Waals surface area contributed by atoms with Crippen LogP contribution in [-0.4, -0.2) is 38.5 Å². The van der Waals surface area contributed by atoms with Crippen molar-refractivity contribution in [1.29, 1.82) is 0 Å². The molecule has 0 amide bonds. The number of nitrogens with two attached hydrogens (primary N) is 1. The Morgan fingerprint density at radius 3 is 2.71 bits per heavy atom. The van der Waals surface area contributed by atoms with Crippen LogP contribution in [-0.2, 0) is 14.8 Å². The van der Waals surface area contributed by atoms with Crippen molar-refractivity contribution in [3.05, 3.63) is 23.8 Å². The predicted molar refractivity (Wildman–Crippen MR) is 74.2 cm³/mol. The molecule has 21 heavy (non-hydrogen) atoms. The van der Waals surface area contributed by atoms with E-state index in [4.69, 9.17) is 10.5 Å². The first kappa shape index (κ1) is 16.1.